The van der Waals surface area contributed by atoms with Crippen molar-refractivity contribution in [3.05, 3.63) is 23.8 Å². The van der Waals surface area contributed by atoms with E-state index in [2.05, 4.69) is 5.32 Å². The number of hydrogen-bond acceptors (Lipinski definition) is 3. The van der Waals surface area contributed by atoms with Gasteiger partial charge in [-0.3, -0.25) is 9.59 Å². The summed E-state index contributed by atoms with van der Waals surface area (Å²) in [6, 6.07) is 4.58. The Labute approximate surface area is 94.3 Å². The van der Waals surface area contributed by atoms with Crippen molar-refractivity contribution in [2.75, 3.05) is 5.32 Å². The number of carbonyl (C=O) groups excluding carboxylic acids is 2. The number of carbonyl (C=O) groups is 2. The number of para-hydroxylation sites is 1. The van der Waals surface area contributed by atoms with E-state index in [0.717, 1.165) is 6.42 Å². The molecule has 1 rings (SSSR count). The molecule has 0 saturated carbocycles. The normalized spacial score (nSPS) is 9.88. The molecule has 0 unspecified atom stereocenters. The second kappa shape index (κ2) is 5.30. The number of amides is 1. The first-order chi connectivity index (χ1) is 7.56. The highest BCUT2D eigenvalue weighted by atomic mass is 16.3. The van der Waals surface area contributed by atoms with Crippen LogP contribution in [0.4, 0.5) is 5.69 Å². The van der Waals surface area contributed by atoms with Crippen LogP contribution in [0.25, 0.3) is 0 Å². The van der Waals surface area contributed by atoms with E-state index >= 15 is 0 Å². The van der Waals surface area contributed by atoms with Gasteiger partial charge < -0.3 is 10.4 Å². The predicted octanol–water partition coefficient (Wildman–Crippen LogP) is 2.33. The lowest BCUT2D eigenvalue weighted by molar-refractivity contribution is -0.116. The fraction of sp³-hybridized carbons (Fsp3) is 0.333. The molecule has 1 amide bonds. The Bertz CT molecular complexity index is 413. The monoisotopic (exact) mass is 221 g/mol. The highest BCUT2D eigenvalue weighted by Gasteiger charge is 2.13. The van der Waals surface area contributed by atoms with Gasteiger partial charge in [0.2, 0.25) is 5.91 Å². The Morgan fingerprint density at radius 3 is 2.62 bits per heavy atom. The molecule has 0 bridgehead atoms. The Hall–Kier alpha value is -1.84. The van der Waals surface area contributed by atoms with E-state index in [1.54, 1.807) is 12.1 Å². The zero-order chi connectivity index (χ0) is 12.1. The Balaban J connectivity index is 3.01. The van der Waals surface area contributed by atoms with Crippen molar-refractivity contribution < 1.29 is 14.7 Å². The summed E-state index contributed by atoms with van der Waals surface area (Å²) in [5, 5.41) is 12.1. The number of rotatable bonds is 4. The molecule has 0 fully saturated rings. The molecule has 16 heavy (non-hydrogen) atoms. The summed E-state index contributed by atoms with van der Waals surface area (Å²) in [4.78, 5) is 22.7. The van der Waals surface area contributed by atoms with Crippen molar-refractivity contribution in [2.24, 2.45) is 0 Å². The number of nitrogens with one attached hydrogen (secondary N) is 1. The second-order valence-electron chi connectivity index (χ2n) is 3.55. The molecule has 4 heteroatoms. The number of phenols is 1. The third-order valence-electron chi connectivity index (χ3n) is 2.16. The van der Waals surface area contributed by atoms with Crippen molar-refractivity contribution >= 4 is 17.4 Å². The molecule has 0 aliphatic rings. The lowest BCUT2D eigenvalue weighted by atomic mass is 10.1. The maximum atomic E-state index is 11.4. The molecular weight excluding hydrogens is 206 g/mol. The maximum absolute atomic E-state index is 11.4. The first-order valence-corrected chi connectivity index (χ1v) is 5.19. The minimum Gasteiger partial charge on any atom is -0.506 e. The van der Waals surface area contributed by atoms with Crippen molar-refractivity contribution in [1.29, 1.82) is 0 Å². The van der Waals surface area contributed by atoms with Gasteiger partial charge in [0.15, 0.2) is 5.78 Å². The van der Waals surface area contributed by atoms with Gasteiger partial charge in [0, 0.05) is 12.0 Å². The van der Waals surface area contributed by atoms with E-state index in [1.807, 2.05) is 6.92 Å². The zero-order valence-corrected chi connectivity index (χ0v) is 9.41. The van der Waals surface area contributed by atoms with Gasteiger partial charge in [-0.2, -0.15) is 0 Å². The summed E-state index contributed by atoms with van der Waals surface area (Å²) < 4.78 is 0. The lowest BCUT2D eigenvalue weighted by Gasteiger charge is -2.10. The van der Waals surface area contributed by atoms with E-state index in [-0.39, 0.29) is 23.1 Å². The van der Waals surface area contributed by atoms with Gasteiger partial charge in [-0.15, -0.1) is 0 Å². The van der Waals surface area contributed by atoms with Gasteiger partial charge in [0.05, 0.1) is 5.69 Å². The van der Waals surface area contributed by atoms with Crippen LogP contribution in [-0.2, 0) is 4.79 Å². The van der Waals surface area contributed by atoms with Crippen LogP contribution >= 0.6 is 0 Å². The third kappa shape index (κ3) is 2.82. The van der Waals surface area contributed by atoms with Crippen LogP contribution in [0.1, 0.15) is 37.0 Å². The quantitative estimate of drug-likeness (QED) is 0.605. The number of benzene rings is 1. The molecule has 1 aromatic rings. The number of ketones is 1. The number of Topliss-reactive ketones (excluding diaryl/α,β-unsaturated/α-hetero) is 1. The first-order valence-electron chi connectivity index (χ1n) is 5.19. The number of hydrogen-bond donors (Lipinski definition) is 2. The molecule has 0 aliphatic carbocycles. The van der Waals surface area contributed by atoms with Crippen LogP contribution < -0.4 is 5.32 Å². The molecule has 0 aromatic heterocycles. The van der Waals surface area contributed by atoms with E-state index in [0.29, 0.717) is 12.0 Å². The standard InChI is InChI=1S/C12H15NO3/c1-3-5-11(16)13-12-9(8(2)14)6-4-7-10(12)15/h4,6-7,15H,3,5H2,1-2H3,(H,13,16). The smallest absolute Gasteiger partial charge is 0.224 e. The summed E-state index contributed by atoms with van der Waals surface area (Å²) in [6.45, 7) is 3.28. The fourth-order valence-electron chi connectivity index (χ4n) is 1.39. The van der Waals surface area contributed by atoms with Crippen molar-refractivity contribution in [3.8, 4) is 5.75 Å². The summed E-state index contributed by atoms with van der Waals surface area (Å²) >= 11 is 0. The van der Waals surface area contributed by atoms with Crippen LogP contribution in [0.3, 0.4) is 0 Å². The highest BCUT2D eigenvalue weighted by Crippen LogP contribution is 2.27. The molecule has 86 valence electrons. The molecular formula is C12H15NO3. The van der Waals surface area contributed by atoms with E-state index in [9.17, 15) is 14.7 Å². The Kier molecular flexibility index (Phi) is 4.05. The van der Waals surface area contributed by atoms with Gasteiger partial charge in [-0.05, 0) is 25.5 Å². The van der Waals surface area contributed by atoms with Gasteiger partial charge >= 0.3 is 0 Å². The van der Waals surface area contributed by atoms with Crippen LogP contribution in [0, 0.1) is 0 Å². The average molecular weight is 221 g/mol. The average Bonchev–Trinajstić information content (AvgIpc) is 2.21. The molecule has 0 aliphatic heterocycles. The zero-order valence-electron chi connectivity index (χ0n) is 9.41. The van der Waals surface area contributed by atoms with Crippen LogP contribution in [0.2, 0.25) is 0 Å². The molecule has 0 saturated heterocycles. The largest absolute Gasteiger partial charge is 0.506 e. The van der Waals surface area contributed by atoms with Gasteiger partial charge in [0.25, 0.3) is 0 Å². The summed E-state index contributed by atoms with van der Waals surface area (Å²) in [5.41, 5.74) is 0.526. The maximum Gasteiger partial charge on any atom is 0.224 e. The summed E-state index contributed by atoms with van der Waals surface area (Å²) in [7, 11) is 0. The van der Waals surface area contributed by atoms with Crippen molar-refractivity contribution in [1.82, 2.24) is 0 Å². The second-order valence-corrected chi connectivity index (χ2v) is 3.55. The Morgan fingerprint density at radius 2 is 2.06 bits per heavy atom. The third-order valence-corrected chi connectivity index (χ3v) is 2.16. The summed E-state index contributed by atoms with van der Waals surface area (Å²) in [5.74, 6) is -0.480. The lowest BCUT2D eigenvalue weighted by Crippen LogP contribution is -2.13. The van der Waals surface area contributed by atoms with Gasteiger partial charge in [-0.1, -0.05) is 13.0 Å². The number of anilines is 1. The molecule has 1 aromatic carbocycles. The first kappa shape index (κ1) is 12.2. The highest BCUT2D eigenvalue weighted by molar-refractivity contribution is 6.05. The molecule has 0 heterocycles. The SMILES string of the molecule is CCCC(=O)Nc1c(O)cccc1C(C)=O. The minimum absolute atomic E-state index is 0.0860. The molecule has 4 nitrogen and oxygen atoms in total. The fourth-order valence-corrected chi connectivity index (χ4v) is 1.39. The minimum atomic E-state index is -0.202. The molecule has 0 spiro atoms. The van der Waals surface area contributed by atoms with Crippen LogP contribution in [-0.4, -0.2) is 16.8 Å². The molecule has 2 N–H and O–H groups in total. The van der Waals surface area contributed by atoms with Gasteiger partial charge in [0.1, 0.15) is 5.75 Å². The summed E-state index contributed by atoms with van der Waals surface area (Å²) in [6.07, 6.45) is 1.08. The van der Waals surface area contributed by atoms with Crippen molar-refractivity contribution in [2.45, 2.75) is 26.7 Å². The van der Waals surface area contributed by atoms with E-state index in [1.165, 1.54) is 13.0 Å². The Morgan fingerprint density at radius 1 is 1.38 bits per heavy atom. The number of aromatic hydroxyl groups is 1. The molecule has 0 atom stereocenters. The van der Waals surface area contributed by atoms with Crippen LogP contribution in [0.5, 0.6) is 5.75 Å². The van der Waals surface area contributed by atoms with E-state index < -0.39 is 0 Å². The molecule has 0 radical (unpaired) electrons. The topological polar surface area (TPSA) is 66.4 Å². The van der Waals surface area contributed by atoms with Gasteiger partial charge in [-0.25, -0.2) is 0 Å². The van der Waals surface area contributed by atoms with Crippen molar-refractivity contribution in [3.63, 3.8) is 0 Å². The van der Waals surface area contributed by atoms with E-state index in [4.69, 9.17) is 0 Å². The van der Waals surface area contributed by atoms with Crippen LogP contribution in [0.15, 0.2) is 18.2 Å². The predicted molar refractivity (Wildman–Crippen MR) is 61.6 cm³/mol. The number of phenolic OH excluding ortho intramolecular Hbond substituents is 1.